The summed E-state index contributed by atoms with van der Waals surface area (Å²) in [7, 11) is 0. The van der Waals surface area contributed by atoms with Gasteiger partial charge in [-0.1, -0.05) is 24.3 Å². The topological polar surface area (TPSA) is 91.8 Å². The lowest BCUT2D eigenvalue weighted by Gasteiger charge is -2.14. The molecule has 1 atom stereocenters. The predicted molar refractivity (Wildman–Crippen MR) is 122 cm³/mol. The number of pyridine rings is 1. The summed E-state index contributed by atoms with van der Waals surface area (Å²) in [6, 6.07) is 16.0. The SMILES string of the molecule is O=C(Cc1ccc(CO)cc1)Nc1ccc(N2CC(Cc3ccc(C(F)(F)F)cn3)OC2=O)cc1. The van der Waals surface area contributed by atoms with Crippen LogP contribution >= 0.6 is 0 Å². The second-order valence-electron chi connectivity index (χ2n) is 8.10. The first-order chi connectivity index (χ1) is 16.7. The fourth-order valence-corrected chi connectivity index (χ4v) is 3.66. The summed E-state index contributed by atoms with van der Waals surface area (Å²) in [5.41, 5.74) is 2.26. The van der Waals surface area contributed by atoms with Crippen LogP contribution in [0.2, 0.25) is 0 Å². The van der Waals surface area contributed by atoms with Crippen LogP contribution in [0.3, 0.4) is 0 Å². The Hall–Kier alpha value is -3.92. The van der Waals surface area contributed by atoms with Gasteiger partial charge in [-0.05, 0) is 47.5 Å². The molecule has 1 unspecified atom stereocenters. The molecule has 3 aromatic rings. The second-order valence-corrected chi connectivity index (χ2v) is 8.10. The summed E-state index contributed by atoms with van der Waals surface area (Å²) < 4.78 is 43.4. The van der Waals surface area contributed by atoms with Gasteiger partial charge in [0.15, 0.2) is 0 Å². The molecule has 182 valence electrons. The van der Waals surface area contributed by atoms with Gasteiger partial charge in [0, 0.05) is 29.7 Å². The van der Waals surface area contributed by atoms with E-state index in [2.05, 4.69) is 10.3 Å². The fourth-order valence-electron chi connectivity index (χ4n) is 3.66. The molecule has 0 aliphatic carbocycles. The monoisotopic (exact) mass is 485 g/mol. The van der Waals surface area contributed by atoms with Crippen molar-refractivity contribution >= 4 is 23.4 Å². The lowest BCUT2D eigenvalue weighted by atomic mass is 10.1. The highest BCUT2D eigenvalue weighted by molar-refractivity contribution is 5.93. The number of ether oxygens (including phenoxy) is 1. The zero-order chi connectivity index (χ0) is 25.0. The summed E-state index contributed by atoms with van der Waals surface area (Å²) in [6.45, 7) is 0.160. The molecule has 0 saturated carbocycles. The number of hydrogen-bond donors (Lipinski definition) is 2. The third-order valence-electron chi connectivity index (χ3n) is 5.50. The normalized spacial score (nSPS) is 15.7. The quantitative estimate of drug-likeness (QED) is 0.520. The molecule has 1 aliphatic rings. The summed E-state index contributed by atoms with van der Waals surface area (Å²) in [5, 5.41) is 11.9. The lowest BCUT2D eigenvalue weighted by molar-refractivity contribution is -0.137. The van der Waals surface area contributed by atoms with E-state index >= 15 is 0 Å². The lowest BCUT2D eigenvalue weighted by Crippen LogP contribution is -2.25. The van der Waals surface area contributed by atoms with E-state index < -0.39 is 23.9 Å². The van der Waals surface area contributed by atoms with E-state index in [0.29, 0.717) is 17.1 Å². The summed E-state index contributed by atoms with van der Waals surface area (Å²) >= 11 is 0. The molecule has 1 aliphatic heterocycles. The molecular weight excluding hydrogens is 463 g/mol. The minimum atomic E-state index is -4.46. The van der Waals surface area contributed by atoms with Crippen molar-refractivity contribution in [2.45, 2.75) is 31.7 Å². The van der Waals surface area contributed by atoms with Crippen molar-refractivity contribution in [3.8, 4) is 0 Å². The number of carbonyl (C=O) groups is 2. The molecule has 1 fully saturated rings. The number of anilines is 2. The van der Waals surface area contributed by atoms with E-state index in [9.17, 15) is 22.8 Å². The van der Waals surface area contributed by atoms with E-state index in [1.807, 2.05) is 0 Å². The van der Waals surface area contributed by atoms with Gasteiger partial charge in [0.2, 0.25) is 5.91 Å². The Morgan fingerprint density at radius 1 is 1.06 bits per heavy atom. The first-order valence-electron chi connectivity index (χ1n) is 10.8. The summed E-state index contributed by atoms with van der Waals surface area (Å²) in [4.78, 5) is 29.9. The molecule has 2 aromatic carbocycles. The standard InChI is InChI=1S/C25H22F3N3O4/c26-25(27,28)18-5-6-20(29-13-18)12-22-14-31(24(34)35-22)21-9-7-19(8-10-21)30-23(33)11-16-1-3-17(15-32)4-2-16/h1-10,13,22,32H,11-12,14-15H2,(H,30,33). The first kappa shape index (κ1) is 24.2. The van der Waals surface area contributed by atoms with Crippen LogP contribution < -0.4 is 10.2 Å². The van der Waals surface area contributed by atoms with Gasteiger partial charge in [0.25, 0.3) is 0 Å². The van der Waals surface area contributed by atoms with Gasteiger partial charge in [0.05, 0.1) is 25.1 Å². The number of halogens is 3. The predicted octanol–water partition coefficient (Wildman–Crippen LogP) is 4.34. The van der Waals surface area contributed by atoms with Crippen molar-refractivity contribution in [2.24, 2.45) is 0 Å². The molecule has 35 heavy (non-hydrogen) atoms. The molecule has 1 aromatic heterocycles. The number of hydrogen-bond acceptors (Lipinski definition) is 5. The van der Waals surface area contributed by atoms with Crippen molar-refractivity contribution in [1.29, 1.82) is 0 Å². The Morgan fingerprint density at radius 3 is 2.34 bits per heavy atom. The highest BCUT2D eigenvalue weighted by atomic mass is 19.4. The number of rotatable bonds is 7. The Bertz CT molecular complexity index is 1180. The van der Waals surface area contributed by atoms with Crippen LogP contribution in [0, 0.1) is 0 Å². The number of cyclic esters (lactones) is 1. The molecule has 7 nitrogen and oxygen atoms in total. The molecule has 0 spiro atoms. The molecule has 2 heterocycles. The molecule has 1 saturated heterocycles. The number of aliphatic hydroxyl groups is 1. The number of benzene rings is 2. The maximum Gasteiger partial charge on any atom is 0.417 e. The number of carbonyl (C=O) groups excluding carboxylic acids is 2. The van der Waals surface area contributed by atoms with Gasteiger partial charge in [-0.3, -0.25) is 14.7 Å². The third kappa shape index (κ3) is 6.15. The molecule has 0 radical (unpaired) electrons. The second kappa shape index (κ2) is 10.1. The molecule has 2 amide bonds. The molecule has 4 rings (SSSR count). The fraction of sp³-hybridized carbons (Fsp3) is 0.240. The molecule has 0 bridgehead atoms. The molecule has 10 heteroatoms. The van der Waals surface area contributed by atoms with Crippen LogP contribution in [0.1, 0.15) is 22.4 Å². The zero-order valence-corrected chi connectivity index (χ0v) is 18.5. The summed E-state index contributed by atoms with van der Waals surface area (Å²) in [5.74, 6) is -0.209. The van der Waals surface area contributed by atoms with Crippen molar-refractivity contribution in [3.05, 3.63) is 89.2 Å². The van der Waals surface area contributed by atoms with Crippen molar-refractivity contribution in [3.63, 3.8) is 0 Å². The van der Waals surface area contributed by atoms with Gasteiger partial charge >= 0.3 is 12.3 Å². The number of alkyl halides is 3. The van der Waals surface area contributed by atoms with E-state index in [-0.39, 0.29) is 31.9 Å². The van der Waals surface area contributed by atoms with Crippen molar-refractivity contribution in [2.75, 3.05) is 16.8 Å². The van der Waals surface area contributed by atoms with E-state index in [1.54, 1.807) is 48.5 Å². The minimum absolute atomic E-state index is 0.0594. The average Bonchev–Trinajstić information content (AvgIpc) is 3.19. The molecular formula is C25H22F3N3O4. The van der Waals surface area contributed by atoms with Gasteiger partial charge in [0.1, 0.15) is 6.10 Å². The van der Waals surface area contributed by atoms with Crippen molar-refractivity contribution < 1.29 is 32.6 Å². The maximum absolute atomic E-state index is 12.7. The van der Waals surface area contributed by atoms with Gasteiger partial charge in [-0.2, -0.15) is 13.2 Å². The van der Waals surface area contributed by atoms with Crippen LogP contribution in [0.5, 0.6) is 0 Å². The van der Waals surface area contributed by atoms with Gasteiger partial charge in [-0.25, -0.2) is 4.79 Å². The van der Waals surface area contributed by atoms with Crippen LogP contribution in [-0.4, -0.2) is 34.7 Å². The third-order valence-corrected chi connectivity index (χ3v) is 5.50. The number of aromatic nitrogens is 1. The zero-order valence-electron chi connectivity index (χ0n) is 18.5. The highest BCUT2D eigenvalue weighted by Crippen LogP contribution is 2.29. The van der Waals surface area contributed by atoms with Crippen molar-refractivity contribution in [1.82, 2.24) is 4.98 Å². The van der Waals surface area contributed by atoms with Crippen LogP contribution in [-0.2, 0) is 35.2 Å². The van der Waals surface area contributed by atoms with E-state index in [4.69, 9.17) is 9.84 Å². The van der Waals surface area contributed by atoms with Crippen LogP contribution in [0.25, 0.3) is 0 Å². The van der Waals surface area contributed by atoms with Gasteiger partial charge < -0.3 is 15.2 Å². The number of nitrogens with zero attached hydrogens (tertiary/aromatic N) is 2. The van der Waals surface area contributed by atoms with Crippen LogP contribution in [0.15, 0.2) is 66.9 Å². The summed E-state index contributed by atoms with van der Waals surface area (Å²) in [6.07, 6.45) is -4.45. The molecule has 2 N–H and O–H groups in total. The average molecular weight is 485 g/mol. The Morgan fingerprint density at radius 2 is 1.74 bits per heavy atom. The first-order valence-corrected chi connectivity index (χ1v) is 10.8. The Labute approximate surface area is 199 Å². The Kier molecular flexibility index (Phi) is 7.02. The highest BCUT2D eigenvalue weighted by Gasteiger charge is 2.34. The van der Waals surface area contributed by atoms with Gasteiger partial charge in [-0.15, -0.1) is 0 Å². The number of aliphatic hydroxyl groups excluding tert-OH is 1. The largest absolute Gasteiger partial charge is 0.444 e. The minimum Gasteiger partial charge on any atom is -0.444 e. The van der Waals surface area contributed by atoms with E-state index in [0.717, 1.165) is 23.4 Å². The van der Waals surface area contributed by atoms with E-state index in [1.165, 1.54) is 11.0 Å². The smallest absolute Gasteiger partial charge is 0.417 e. The van der Waals surface area contributed by atoms with Crippen LogP contribution in [0.4, 0.5) is 29.3 Å². The maximum atomic E-state index is 12.7. The number of amides is 2. The number of nitrogens with one attached hydrogen (secondary N) is 1. The Balaban J connectivity index is 1.32.